The molecule has 0 bridgehead atoms. The Morgan fingerprint density at radius 2 is 2.22 bits per heavy atom. The van der Waals surface area contributed by atoms with Gasteiger partial charge in [-0.15, -0.1) is 0 Å². The second kappa shape index (κ2) is 4.98. The van der Waals surface area contributed by atoms with Gasteiger partial charge in [-0.25, -0.2) is 0 Å². The van der Waals surface area contributed by atoms with Crippen LogP contribution in [0.15, 0.2) is 18.2 Å². The summed E-state index contributed by atoms with van der Waals surface area (Å²) in [5, 5.41) is 18.9. The summed E-state index contributed by atoms with van der Waals surface area (Å²) in [5.74, 6) is -1.15. The third-order valence-corrected chi connectivity index (χ3v) is 3.61. The van der Waals surface area contributed by atoms with Crippen LogP contribution in [0.25, 0.3) is 0 Å². The van der Waals surface area contributed by atoms with Crippen LogP contribution in [-0.4, -0.2) is 29.8 Å². The molecule has 0 radical (unpaired) electrons. The third-order valence-electron chi connectivity index (χ3n) is 3.61. The Morgan fingerprint density at radius 1 is 1.50 bits per heavy atom. The summed E-state index contributed by atoms with van der Waals surface area (Å²) in [7, 11) is 2.05. The van der Waals surface area contributed by atoms with Gasteiger partial charge in [-0.1, -0.05) is 19.1 Å². The number of fused-ring (bicyclic) bond motifs is 1. The van der Waals surface area contributed by atoms with Gasteiger partial charge in [0.15, 0.2) is 0 Å². The molecule has 0 saturated carbocycles. The molecule has 2 unspecified atom stereocenters. The van der Waals surface area contributed by atoms with E-state index in [0.717, 1.165) is 18.5 Å². The Morgan fingerprint density at radius 3 is 2.89 bits per heavy atom. The first-order valence-corrected chi connectivity index (χ1v) is 6.23. The minimum Gasteiger partial charge on any atom is -0.481 e. The molecule has 98 valence electrons. The number of rotatable bonds is 4. The summed E-state index contributed by atoms with van der Waals surface area (Å²) in [6.45, 7) is 2.76. The maximum atomic E-state index is 10.7. The fourth-order valence-electron chi connectivity index (χ4n) is 2.49. The topological polar surface area (TPSA) is 60.8 Å². The third kappa shape index (κ3) is 2.48. The number of likely N-dealkylation sites (N-methyl/N-ethyl adjacent to an activating group) is 1. The minimum atomic E-state index is -0.873. The maximum absolute atomic E-state index is 10.7. The largest absolute Gasteiger partial charge is 0.481 e. The lowest BCUT2D eigenvalue weighted by atomic mass is 9.93. The van der Waals surface area contributed by atoms with Crippen LogP contribution in [0, 0.1) is 5.92 Å². The number of aliphatic carboxylic acids is 1. The Hall–Kier alpha value is -1.55. The zero-order valence-corrected chi connectivity index (χ0v) is 10.8. The zero-order chi connectivity index (χ0) is 13.3. The van der Waals surface area contributed by atoms with E-state index in [1.165, 1.54) is 11.3 Å². The molecular weight excluding hydrogens is 230 g/mol. The number of hydrogen-bond donors (Lipinski definition) is 2. The van der Waals surface area contributed by atoms with E-state index in [2.05, 4.69) is 11.9 Å². The fraction of sp³-hybridized carbons (Fsp3) is 0.500. The minimum absolute atomic E-state index is 0.0157. The quantitative estimate of drug-likeness (QED) is 0.854. The number of anilines is 1. The summed E-state index contributed by atoms with van der Waals surface area (Å²) in [6, 6.07) is 5.90. The molecule has 0 aromatic heterocycles. The molecule has 4 heteroatoms. The van der Waals surface area contributed by atoms with Crippen molar-refractivity contribution in [3.8, 4) is 0 Å². The summed E-state index contributed by atoms with van der Waals surface area (Å²) in [5.41, 5.74) is 3.26. The number of carbonyl (C=O) groups is 1. The fourth-order valence-corrected chi connectivity index (χ4v) is 2.49. The van der Waals surface area contributed by atoms with Crippen LogP contribution in [0.1, 0.15) is 30.6 Å². The number of benzene rings is 1. The van der Waals surface area contributed by atoms with Crippen molar-refractivity contribution in [3.05, 3.63) is 29.3 Å². The van der Waals surface area contributed by atoms with Gasteiger partial charge in [0.05, 0.1) is 12.5 Å². The van der Waals surface area contributed by atoms with Crippen LogP contribution in [0.5, 0.6) is 0 Å². The van der Waals surface area contributed by atoms with Gasteiger partial charge in [0, 0.05) is 19.3 Å². The van der Waals surface area contributed by atoms with Crippen molar-refractivity contribution in [3.63, 3.8) is 0 Å². The van der Waals surface area contributed by atoms with E-state index < -0.39 is 12.1 Å². The van der Waals surface area contributed by atoms with Crippen LogP contribution in [-0.2, 0) is 11.2 Å². The first kappa shape index (κ1) is 12.9. The number of hydrogen-bond acceptors (Lipinski definition) is 3. The molecule has 4 nitrogen and oxygen atoms in total. The predicted molar refractivity (Wildman–Crippen MR) is 69.8 cm³/mol. The van der Waals surface area contributed by atoms with Crippen molar-refractivity contribution in [2.75, 3.05) is 18.5 Å². The highest BCUT2D eigenvalue weighted by molar-refractivity contribution is 5.67. The second-order valence-electron chi connectivity index (χ2n) is 5.08. The summed E-state index contributed by atoms with van der Waals surface area (Å²) >= 11 is 0. The van der Waals surface area contributed by atoms with Crippen molar-refractivity contribution in [1.29, 1.82) is 0 Å². The van der Waals surface area contributed by atoms with Crippen molar-refractivity contribution in [1.82, 2.24) is 0 Å². The monoisotopic (exact) mass is 249 g/mol. The molecule has 18 heavy (non-hydrogen) atoms. The molecule has 1 aromatic rings. The Labute approximate surface area is 107 Å². The van der Waals surface area contributed by atoms with Crippen molar-refractivity contribution < 1.29 is 15.0 Å². The highest BCUT2D eigenvalue weighted by atomic mass is 16.4. The normalized spacial score (nSPS) is 17.4. The SMILES string of the molecule is CC(CC(=O)O)C(O)c1ccc2c(c1)CCN2C. The molecule has 2 N–H and O–H groups in total. The van der Waals surface area contributed by atoms with E-state index in [9.17, 15) is 9.90 Å². The standard InChI is InChI=1S/C14H19NO3/c1-9(7-13(16)17)14(18)11-3-4-12-10(8-11)5-6-15(12)2/h3-4,8-9,14,18H,5-7H2,1-2H3,(H,16,17). The van der Waals surface area contributed by atoms with Crippen molar-refractivity contribution in [2.24, 2.45) is 5.92 Å². The van der Waals surface area contributed by atoms with Gasteiger partial charge in [-0.3, -0.25) is 4.79 Å². The molecule has 2 rings (SSSR count). The molecule has 2 atom stereocenters. The van der Waals surface area contributed by atoms with Crippen LogP contribution in [0.3, 0.4) is 0 Å². The molecule has 1 aromatic carbocycles. The van der Waals surface area contributed by atoms with Crippen LogP contribution in [0.2, 0.25) is 0 Å². The van der Waals surface area contributed by atoms with Crippen molar-refractivity contribution in [2.45, 2.75) is 25.9 Å². The first-order chi connectivity index (χ1) is 8.49. The smallest absolute Gasteiger partial charge is 0.303 e. The lowest BCUT2D eigenvalue weighted by molar-refractivity contribution is -0.139. The molecule has 0 saturated heterocycles. The van der Waals surface area contributed by atoms with E-state index in [1.807, 2.05) is 18.2 Å². The Bertz CT molecular complexity index is 458. The molecule has 0 amide bonds. The second-order valence-corrected chi connectivity index (χ2v) is 5.08. The van der Waals surface area contributed by atoms with Gasteiger partial charge >= 0.3 is 5.97 Å². The maximum Gasteiger partial charge on any atom is 0.303 e. The van der Waals surface area contributed by atoms with E-state index in [4.69, 9.17) is 5.11 Å². The Kier molecular flexibility index (Phi) is 3.57. The van der Waals surface area contributed by atoms with Gasteiger partial charge in [0.2, 0.25) is 0 Å². The summed E-state index contributed by atoms with van der Waals surface area (Å²) < 4.78 is 0. The average molecular weight is 249 g/mol. The Balaban J connectivity index is 2.17. The highest BCUT2D eigenvalue weighted by Gasteiger charge is 2.22. The van der Waals surface area contributed by atoms with Gasteiger partial charge in [-0.05, 0) is 29.5 Å². The number of aliphatic hydroxyl groups is 1. The molecule has 1 heterocycles. The van der Waals surface area contributed by atoms with Crippen LogP contribution in [0.4, 0.5) is 5.69 Å². The van der Waals surface area contributed by atoms with Gasteiger partial charge in [0.25, 0.3) is 0 Å². The van der Waals surface area contributed by atoms with Crippen molar-refractivity contribution >= 4 is 11.7 Å². The number of carboxylic acid groups (broad SMARTS) is 1. The lowest BCUT2D eigenvalue weighted by Crippen LogP contribution is -2.14. The molecule has 0 fully saturated rings. The van der Waals surface area contributed by atoms with E-state index in [-0.39, 0.29) is 12.3 Å². The van der Waals surface area contributed by atoms with Crippen LogP contribution >= 0.6 is 0 Å². The first-order valence-electron chi connectivity index (χ1n) is 6.23. The number of aliphatic hydroxyl groups excluding tert-OH is 1. The van der Waals surface area contributed by atoms with E-state index in [0.29, 0.717) is 0 Å². The molecule has 0 aliphatic carbocycles. The average Bonchev–Trinajstić information content (AvgIpc) is 2.69. The van der Waals surface area contributed by atoms with Gasteiger partial charge in [-0.2, -0.15) is 0 Å². The lowest BCUT2D eigenvalue weighted by Gasteiger charge is -2.19. The predicted octanol–water partition coefficient (Wildman–Crippen LogP) is 1.82. The molecular formula is C14H19NO3. The van der Waals surface area contributed by atoms with E-state index >= 15 is 0 Å². The summed E-state index contributed by atoms with van der Waals surface area (Å²) in [4.78, 5) is 12.8. The zero-order valence-electron chi connectivity index (χ0n) is 10.8. The van der Waals surface area contributed by atoms with E-state index in [1.54, 1.807) is 6.92 Å². The molecule has 1 aliphatic rings. The number of carboxylic acids is 1. The molecule has 0 spiro atoms. The summed E-state index contributed by atoms with van der Waals surface area (Å²) in [6.07, 6.45) is 0.259. The van der Waals surface area contributed by atoms with Crippen LogP contribution < -0.4 is 4.90 Å². The molecule has 1 aliphatic heterocycles. The van der Waals surface area contributed by atoms with Gasteiger partial charge < -0.3 is 15.1 Å². The number of nitrogens with zero attached hydrogens (tertiary/aromatic N) is 1. The highest BCUT2D eigenvalue weighted by Crippen LogP contribution is 2.32. The van der Waals surface area contributed by atoms with Gasteiger partial charge in [0.1, 0.15) is 0 Å².